The number of fused-ring (bicyclic) bond motifs is 1. The smallest absolute Gasteiger partial charge is 0.254 e. The molecule has 0 aliphatic carbocycles. The van der Waals surface area contributed by atoms with Crippen LogP contribution < -0.4 is 5.56 Å². The number of hydrogen-bond donors (Lipinski definition) is 1. The van der Waals surface area contributed by atoms with Crippen LogP contribution in [0, 0.1) is 0 Å². The maximum Gasteiger partial charge on any atom is 0.254 e. The van der Waals surface area contributed by atoms with Gasteiger partial charge in [0.15, 0.2) is 0 Å². The average Bonchev–Trinajstić information content (AvgIpc) is 3.18. The van der Waals surface area contributed by atoms with E-state index in [2.05, 4.69) is 9.97 Å². The second kappa shape index (κ2) is 7.72. The molecule has 1 atom stereocenters. The molecule has 1 aromatic heterocycles. The van der Waals surface area contributed by atoms with Gasteiger partial charge in [0.2, 0.25) is 15.9 Å². The normalized spacial score (nSPS) is 19.9. The van der Waals surface area contributed by atoms with E-state index in [1.165, 1.54) is 10.6 Å². The van der Waals surface area contributed by atoms with Gasteiger partial charge in [0, 0.05) is 31.1 Å². The first-order valence-corrected chi connectivity index (χ1v) is 11.5. The monoisotopic (exact) mass is 416 g/mol. The number of carbonyl (C=O) groups excluding carboxylic acids is 1. The Kier molecular flexibility index (Phi) is 5.26. The van der Waals surface area contributed by atoms with Crippen LogP contribution in [0.4, 0.5) is 0 Å². The molecule has 0 saturated carbocycles. The van der Waals surface area contributed by atoms with Crippen molar-refractivity contribution in [2.45, 2.75) is 31.7 Å². The highest BCUT2D eigenvalue weighted by atomic mass is 32.2. The fourth-order valence-corrected chi connectivity index (χ4v) is 4.78. The van der Waals surface area contributed by atoms with E-state index < -0.39 is 10.0 Å². The summed E-state index contributed by atoms with van der Waals surface area (Å²) >= 11 is 0. The van der Waals surface area contributed by atoms with Gasteiger partial charge < -0.3 is 9.88 Å². The van der Waals surface area contributed by atoms with Gasteiger partial charge in [-0.3, -0.25) is 9.59 Å². The van der Waals surface area contributed by atoms with Gasteiger partial charge in [-0.05, 0) is 18.4 Å². The summed E-state index contributed by atoms with van der Waals surface area (Å²) in [6, 6.07) is 9.61. The zero-order chi connectivity index (χ0) is 20.6. The van der Waals surface area contributed by atoms with Crippen LogP contribution in [0.25, 0.3) is 0 Å². The molecule has 0 unspecified atom stereocenters. The second-order valence-electron chi connectivity index (χ2n) is 7.71. The van der Waals surface area contributed by atoms with Crippen LogP contribution in [-0.4, -0.2) is 59.4 Å². The number of carbonyl (C=O) groups is 1. The predicted molar refractivity (Wildman–Crippen MR) is 108 cm³/mol. The first-order valence-electron chi connectivity index (χ1n) is 9.70. The molecule has 2 aromatic rings. The molecule has 1 amide bonds. The molecular weight excluding hydrogens is 392 g/mol. The summed E-state index contributed by atoms with van der Waals surface area (Å²) in [5.41, 5.74) is 1.85. The van der Waals surface area contributed by atoms with Crippen molar-refractivity contribution >= 4 is 15.9 Å². The first kappa shape index (κ1) is 19.8. The van der Waals surface area contributed by atoms with Crippen LogP contribution in [0.2, 0.25) is 0 Å². The summed E-state index contributed by atoms with van der Waals surface area (Å²) in [7, 11) is -3.33. The van der Waals surface area contributed by atoms with Crippen LogP contribution in [0.5, 0.6) is 0 Å². The average molecular weight is 417 g/mol. The minimum atomic E-state index is -3.33. The molecule has 0 radical (unpaired) electrons. The van der Waals surface area contributed by atoms with Gasteiger partial charge in [-0.25, -0.2) is 13.4 Å². The van der Waals surface area contributed by atoms with Crippen LogP contribution in [0.1, 0.15) is 35.0 Å². The Hall–Kier alpha value is -2.52. The Morgan fingerprint density at radius 1 is 1.24 bits per heavy atom. The highest BCUT2D eigenvalue weighted by molar-refractivity contribution is 7.88. The lowest BCUT2D eigenvalue weighted by Gasteiger charge is -2.26. The Bertz CT molecular complexity index is 1080. The number of amides is 1. The Morgan fingerprint density at radius 3 is 2.72 bits per heavy atom. The Labute approximate surface area is 169 Å². The molecule has 1 N–H and O–H groups in total. The number of benzene rings is 1. The highest BCUT2D eigenvalue weighted by Gasteiger charge is 2.31. The van der Waals surface area contributed by atoms with E-state index in [1.54, 1.807) is 4.90 Å². The molecule has 8 nitrogen and oxygen atoms in total. The van der Waals surface area contributed by atoms with Crippen LogP contribution in [0.3, 0.4) is 0 Å². The van der Waals surface area contributed by atoms with E-state index in [9.17, 15) is 18.0 Å². The molecule has 3 heterocycles. The van der Waals surface area contributed by atoms with Gasteiger partial charge in [0.25, 0.3) is 5.56 Å². The molecule has 0 bridgehead atoms. The Morgan fingerprint density at radius 2 is 2.00 bits per heavy atom. The lowest BCUT2D eigenvalue weighted by Crippen LogP contribution is -2.39. The molecule has 154 valence electrons. The van der Waals surface area contributed by atoms with Gasteiger partial charge in [-0.1, -0.05) is 30.3 Å². The van der Waals surface area contributed by atoms with Gasteiger partial charge in [-0.2, -0.15) is 4.31 Å². The standard InChI is InChI=1S/C20H24N4O4S/c1-29(27,28)24-10-8-16-17(13-24)21-19(22-20(16)26)15-7-9-23(12-15)18(25)11-14-5-3-2-4-6-14/h2-6,15H,7-13H2,1H3,(H,21,22,26)/t15-/m1/s1. The number of nitrogens with one attached hydrogen (secondary N) is 1. The van der Waals surface area contributed by atoms with E-state index in [-0.39, 0.29) is 23.9 Å². The number of H-pyrrole nitrogens is 1. The molecule has 0 spiro atoms. The second-order valence-corrected chi connectivity index (χ2v) is 9.69. The van der Waals surface area contributed by atoms with Gasteiger partial charge in [-0.15, -0.1) is 0 Å². The third kappa shape index (κ3) is 4.25. The molecule has 1 fully saturated rings. The van der Waals surface area contributed by atoms with Crippen molar-refractivity contribution in [1.82, 2.24) is 19.2 Å². The SMILES string of the molecule is CS(=O)(=O)N1CCc2c(nc([C@@H]3CCN(C(=O)Cc4ccccc4)C3)[nH]c2=O)C1. The molecular formula is C20H24N4O4S. The zero-order valence-corrected chi connectivity index (χ0v) is 17.1. The van der Waals surface area contributed by atoms with Crippen molar-refractivity contribution in [3.8, 4) is 0 Å². The molecule has 2 aliphatic heterocycles. The number of likely N-dealkylation sites (tertiary alicyclic amines) is 1. The largest absolute Gasteiger partial charge is 0.342 e. The van der Waals surface area contributed by atoms with Crippen molar-refractivity contribution in [1.29, 1.82) is 0 Å². The van der Waals surface area contributed by atoms with Crippen LogP contribution in [0.15, 0.2) is 35.1 Å². The predicted octanol–water partition coefficient (Wildman–Crippen LogP) is 0.646. The number of aromatic nitrogens is 2. The summed E-state index contributed by atoms with van der Waals surface area (Å²) in [4.78, 5) is 34.4. The third-order valence-electron chi connectivity index (χ3n) is 5.65. The van der Waals surface area contributed by atoms with Gasteiger partial charge >= 0.3 is 0 Å². The van der Waals surface area contributed by atoms with E-state index in [4.69, 9.17) is 0 Å². The van der Waals surface area contributed by atoms with E-state index >= 15 is 0 Å². The number of hydrogen-bond acceptors (Lipinski definition) is 5. The summed E-state index contributed by atoms with van der Waals surface area (Å²) in [5, 5.41) is 0. The van der Waals surface area contributed by atoms with Gasteiger partial charge in [0.05, 0.1) is 24.9 Å². The molecule has 2 aliphatic rings. The quantitative estimate of drug-likeness (QED) is 0.788. The van der Waals surface area contributed by atoms with Crippen molar-refractivity contribution in [2.24, 2.45) is 0 Å². The number of nitrogens with zero attached hydrogens (tertiary/aromatic N) is 3. The third-order valence-corrected chi connectivity index (χ3v) is 6.90. The maximum atomic E-state index is 12.6. The van der Waals surface area contributed by atoms with E-state index in [0.29, 0.717) is 49.6 Å². The number of rotatable bonds is 4. The summed E-state index contributed by atoms with van der Waals surface area (Å²) in [6.45, 7) is 1.53. The minimum absolute atomic E-state index is 0.0543. The summed E-state index contributed by atoms with van der Waals surface area (Å²) < 4.78 is 25.1. The first-order chi connectivity index (χ1) is 13.8. The van der Waals surface area contributed by atoms with Crippen molar-refractivity contribution < 1.29 is 13.2 Å². The molecule has 9 heteroatoms. The fourth-order valence-electron chi connectivity index (χ4n) is 4.00. The molecule has 1 aromatic carbocycles. The number of aromatic amines is 1. The molecule has 29 heavy (non-hydrogen) atoms. The lowest BCUT2D eigenvalue weighted by atomic mass is 10.1. The fraction of sp³-hybridized carbons (Fsp3) is 0.450. The lowest BCUT2D eigenvalue weighted by molar-refractivity contribution is -0.129. The van der Waals surface area contributed by atoms with E-state index in [1.807, 2.05) is 30.3 Å². The van der Waals surface area contributed by atoms with Crippen molar-refractivity contribution in [3.05, 3.63) is 63.3 Å². The van der Waals surface area contributed by atoms with Crippen LogP contribution >= 0.6 is 0 Å². The summed E-state index contributed by atoms with van der Waals surface area (Å²) in [6.07, 6.45) is 2.60. The minimum Gasteiger partial charge on any atom is -0.342 e. The molecule has 4 rings (SSSR count). The van der Waals surface area contributed by atoms with E-state index in [0.717, 1.165) is 12.0 Å². The van der Waals surface area contributed by atoms with Crippen molar-refractivity contribution in [2.75, 3.05) is 25.9 Å². The maximum absolute atomic E-state index is 12.6. The number of sulfonamides is 1. The molecule has 1 saturated heterocycles. The topological polar surface area (TPSA) is 103 Å². The van der Waals surface area contributed by atoms with Crippen LogP contribution in [-0.2, 0) is 34.2 Å². The highest BCUT2D eigenvalue weighted by Crippen LogP contribution is 2.26. The summed E-state index contributed by atoms with van der Waals surface area (Å²) in [5.74, 6) is 0.544. The van der Waals surface area contributed by atoms with Gasteiger partial charge in [0.1, 0.15) is 5.82 Å². The Balaban J connectivity index is 1.49. The zero-order valence-electron chi connectivity index (χ0n) is 16.3. The van der Waals surface area contributed by atoms with Crippen molar-refractivity contribution in [3.63, 3.8) is 0 Å².